The third-order valence-corrected chi connectivity index (χ3v) is 1.95. The Kier molecular flexibility index (Phi) is 1.88. The van der Waals surface area contributed by atoms with Gasteiger partial charge in [0.15, 0.2) is 5.78 Å². The molecule has 68 valence electrons. The standard InChI is InChI=1S/C9H10N2O2/c1-11-4-2-8(10-11)9-6-7(12)3-5-13-9/h2-5,9H,6H2,1H3. The Morgan fingerprint density at radius 3 is 3.15 bits per heavy atom. The van der Waals surface area contributed by atoms with Crippen molar-refractivity contribution in [2.45, 2.75) is 12.5 Å². The molecule has 1 aliphatic heterocycles. The molecule has 0 bridgehead atoms. The topological polar surface area (TPSA) is 44.1 Å². The van der Waals surface area contributed by atoms with Crippen molar-refractivity contribution < 1.29 is 9.53 Å². The highest BCUT2D eigenvalue weighted by atomic mass is 16.5. The molecule has 0 amide bonds. The maximum Gasteiger partial charge on any atom is 0.162 e. The zero-order chi connectivity index (χ0) is 9.26. The number of ketones is 1. The second-order valence-corrected chi connectivity index (χ2v) is 3.01. The highest BCUT2D eigenvalue weighted by molar-refractivity contribution is 5.90. The third kappa shape index (κ3) is 1.61. The van der Waals surface area contributed by atoms with E-state index in [0.29, 0.717) is 6.42 Å². The first-order valence-electron chi connectivity index (χ1n) is 4.10. The zero-order valence-corrected chi connectivity index (χ0v) is 7.30. The Bertz CT molecular complexity index is 354. The molecule has 1 aromatic rings. The van der Waals surface area contributed by atoms with Gasteiger partial charge in [-0.15, -0.1) is 0 Å². The molecule has 13 heavy (non-hydrogen) atoms. The summed E-state index contributed by atoms with van der Waals surface area (Å²) in [5.41, 5.74) is 0.806. The van der Waals surface area contributed by atoms with Crippen LogP contribution in [0, 0.1) is 0 Å². The number of aromatic nitrogens is 2. The second-order valence-electron chi connectivity index (χ2n) is 3.01. The Balaban J connectivity index is 2.18. The highest BCUT2D eigenvalue weighted by Gasteiger charge is 2.20. The van der Waals surface area contributed by atoms with Gasteiger partial charge in [0.1, 0.15) is 11.8 Å². The maximum absolute atomic E-state index is 11.1. The predicted molar refractivity (Wildman–Crippen MR) is 45.8 cm³/mol. The van der Waals surface area contributed by atoms with E-state index < -0.39 is 0 Å². The fraction of sp³-hybridized carbons (Fsp3) is 0.333. The lowest BCUT2D eigenvalue weighted by Gasteiger charge is -2.15. The number of rotatable bonds is 1. The van der Waals surface area contributed by atoms with Crippen molar-refractivity contribution in [2.75, 3.05) is 0 Å². The van der Waals surface area contributed by atoms with Crippen LogP contribution in [0.4, 0.5) is 0 Å². The molecule has 0 saturated carbocycles. The first-order valence-corrected chi connectivity index (χ1v) is 4.10. The average molecular weight is 178 g/mol. The van der Waals surface area contributed by atoms with Gasteiger partial charge >= 0.3 is 0 Å². The monoisotopic (exact) mass is 178 g/mol. The van der Waals surface area contributed by atoms with Gasteiger partial charge in [0, 0.05) is 19.3 Å². The lowest BCUT2D eigenvalue weighted by molar-refractivity contribution is -0.118. The van der Waals surface area contributed by atoms with E-state index in [-0.39, 0.29) is 11.9 Å². The first-order chi connectivity index (χ1) is 6.25. The van der Waals surface area contributed by atoms with Crippen LogP contribution in [0.25, 0.3) is 0 Å². The molecule has 0 aromatic carbocycles. The number of allylic oxidation sites excluding steroid dienone is 1. The second kappa shape index (κ2) is 3.05. The molecular weight excluding hydrogens is 168 g/mol. The minimum atomic E-state index is -0.210. The van der Waals surface area contributed by atoms with E-state index in [9.17, 15) is 4.79 Å². The first kappa shape index (κ1) is 8.04. The van der Waals surface area contributed by atoms with Crippen molar-refractivity contribution in [3.63, 3.8) is 0 Å². The molecule has 0 radical (unpaired) electrons. The van der Waals surface area contributed by atoms with E-state index in [0.717, 1.165) is 5.69 Å². The number of ether oxygens (including phenoxy) is 1. The number of carbonyl (C=O) groups excluding carboxylic acids is 1. The molecule has 1 aliphatic rings. The summed E-state index contributed by atoms with van der Waals surface area (Å²) in [6.07, 6.45) is 4.89. The number of nitrogens with zero attached hydrogens (tertiary/aromatic N) is 2. The van der Waals surface area contributed by atoms with E-state index >= 15 is 0 Å². The molecule has 0 fully saturated rings. The summed E-state index contributed by atoms with van der Waals surface area (Å²) in [4.78, 5) is 11.1. The summed E-state index contributed by atoms with van der Waals surface area (Å²) in [5, 5.41) is 4.17. The van der Waals surface area contributed by atoms with Crippen LogP contribution >= 0.6 is 0 Å². The summed E-state index contributed by atoms with van der Waals surface area (Å²) in [6, 6.07) is 1.86. The van der Waals surface area contributed by atoms with Crippen molar-refractivity contribution in [3.8, 4) is 0 Å². The van der Waals surface area contributed by atoms with Gasteiger partial charge < -0.3 is 4.74 Å². The van der Waals surface area contributed by atoms with Crippen LogP contribution in [0.15, 0.2) is 24.6 Å². The molecule has 1 atom stereocenters. The lowest BCUT2D eigenvalue weighted by Crippen LogP contribution is -2.12. The molecule has 2 rings (SSSR count). The SMILES string of the molecule is Cn1ccc(C2CC(=O)C=CO2)n1. The molecule has 2 heterocycles. The highest BCUT2D eigenvalue weighted by Crippen LogP contribution is 2.22. The number of carbonyl (C=O) groups is 1. The Labute approximate surface area is 75.8 Å². The molecular formula is C9H10N2O2. The minimum absolute atomic E-state index is 0.0851. The molecule has 0 saturated heterocycles. The summed E-state index contributed by atoms with van der Waals surface area (Å²) >= 11 is 0. The van der Waals surface area contributed by atoms with Crippen LogP contribution in [-0.4, -0.2) is 15.6 Å². The van der Waals surface area contributed by atoms with Gasteiger partial charge in [-0.2, -0.15) is 5.10 Å². The van der Waals surface area contributed by atoms with Crippen LogP contribution in [0.2, 0.25) is 0 Å². The van der Waals surface area contributed by atoms with Gasteiger partial charge in [-0.1, -0.05) is 0 Å². The van der Waals surface area contributed by atoms with Crippen molar-refractivity contribution in [1.82, 2.24) is 9.78 Å². The zero-order valence-electron chi connectivity index (χ0n) is 7.30. The summed E-state index contributed by atoms with van der Waals surface area (Å²) in [5.74, 6) is 0.0851. The molecule has 0 spiro atoms. The Hall–Kier alpha value is -1.58. The van der Waals surface area contributed by atoms with Gasteiger partial charge in [0.05, 0.1) is 12.7 Å². The van der Waals surface area contributed by atoms with Gasteiger partial charge in [-0.25, -0.2) is 0 Å². The molecule has 0 aliphatic carbocycles. The predicted octanol–water partition coefficient (Wildman–Crippen LogP) is 0.964. The van der Waals surface area contributed by atoms with Gasteiger partial charge in [0.2, 0.25) is 0 Å². The molecule has 0 N–H and O–H groups in total. The number of hydrogen-bond donors (Lipinski definition) is 0. The smallest absolute Gasteiger partial charge is 0.162 e. The van der Waals surface area contributed by atoms with Crippen molar-refractivity contribution in [2.24, 2.45) is 7.05 Å². The lowest BCUT2D eigenvalue weighted by atomic mass is 10.1. The number of aryl methyl sites for hydroxylation is 1. The summed E-state index contributed by atoms with van der Waals surface area (Å²) in [6.45, 7) is 0. The van der Waals surface area contributed by atoms with Crippen LogP contribution in [0.1, 0.15) is 18.2 Å². The fourth-order valence-electron chi connectivity index (χ4n) is 1.29. The third-order valence-electron chi connectivity index (χ3n) is 1.95. The molecule has 4 nitrogen and oxygen atoms in total. The average Bonchev–Trinajstić information content (AvgIpc) is 2.52. The molecule has 4 heteroatoms. The normalized spacial score (nSPS) is 21.6. The van der Waals surface area contributed by atoms with Gasteiger partial charge in [-0.3, -0.25) is 9.48 Å². The van der Waals surface area contributed by atoms with E-state index in [1.807, 2.05) is 19.3 Å². The molecule has 1 unspecified atom stereocenters. The number of hydrogen-bond acceptors (Lipinski definition) is 3. The van der Waals surface area contributed by atoms with Crippen molar-refractivity contribution in [1.29, 1.82) is 0 Å². The van der Waals surface area contributed by atoms with Crippen LogP contribution < -0.4 is 0 Å². The molecule has 1 aromatic heterocycles. The fourth-order valence-corrected chi connectivity index (χ4v) is 1.29. The Morgan fingerprint density at radius 2 is 2.54 bits per heavy atom. The summed E-state index contributed by atoms with van der Waals surface area (Å²) < 4.78 is 6.97. The quantitative estimate of drug-likeness (QED) is 0.643. The maximum atomic E-state index is 11.1. The minimum Gasteiger partial charge on any atom is -0.491 e. The summed E-state index contributed by atoms with van der Waals surface area (Å²) in [7, 11) is 1.84. The largest absolute Gasteiger partial charge is 0.491 e. The van der Waals surface area contributed by atoms with Gasteiger partial charge in [0.25, 0.3) is 0 Å². The van der Waals surface area contributed by atoms with Crippen LogP contribution in [-0.2, 0) is 16.6 Å². The van der Waals surface area contributed by atoms with Crippen molar-refractivity contribution in [3.05, 3.63) is 30.3 Å². The van der Waals surface area contributed by atoms with Crippen LogP contribution in [0.3, 0.4) is 0 Å². The van der Waals surface area contributed by atoms with E-state index in [2.05, 4.69) is 5.10 Å². The van der Waals surface area contributed by atoms with E-state index in [4.69, 9.17) is 4.74 Å². The van der Waals surface area contributed by atoms with Gasteiger partial charge in [-0.05, 0) is 6.07 Å². The Morgan fingerprint density at radius 1 is 1.69 bits per heavy atom. The van der Waals surface area contributed by atoms with E-state index in [1.54, 1.807) is 4.68 Å². The van der Waals surface area contributed by atoms with Crippen molar-refractivity contribution >= 4 is 5.78 Å². The van der Waals surface area contributed by atoms with Crippen LogP contribution in [0.5, 0.6) is 0 Å². The van der Waals surface area contributed by atoms with E-state index in [1.165, 1.54) is 12.3 Å².